The van der Waals surface area contributed by atoms with Crippen LogP contribution in [0.1, 0.15) is 63.9 Å². The van der Waals surface area contributed by atoms with Gasteiger partial charge in [-0.05, 0) is 12.5 Å². The first-order valence-corrected chi connectivity index (χ1v) is 7.89. The van der Waals surface area contributed by atoms with Crippen molar-refractivity contribution in [2.75, 3.05) is 6.61 Å². The summed E-state index contributed by atoms with van der Waals surface area (Å²) < 4.78 is 19.0. The first-order chi connectivity index (χ1) is 9.77. The van der Waals surface area contributed by atoms with Crippen LogP contribution in [0.3, 0.4) is 0 Å². The summed E-state index contributed by atoms with van der Waals surface area (Å²) in [4.78, 5) is 0. The molecule has 1 rings (SSSR count). The first-order valence-electron chi connectivity index (χ1n) is 7.89. The largest absolute Gasteiger partial charge is 0.493 e. The SMILES string of the molecule is CCCCCCCCCCOc1ccc(CN)c(F)c1. The van der Waals surface area contributed by atoms with Crippen molar-refractivity contribution in [1.82, 2.24) is 0 Å². The Hall–Kier alpha value is -1.09. The molecule has 0 fully saturated rings. The van der Waals surface area contributed by atoms with Crippen molar-refractivity contribution in [2.24, 2.45) is 5.73 Å². The lowest BCUT2D eigenvalue weighted by Crippen LogP contribution is -2.02. The number of benzene rings is 1. The zero-order valence-corrected chi connectivity index (χ0v) is 12.7. The predicted octanol–water partition coefficient (Wildman–Crippen LogP) is 4.80. The molecule has 0 bridgehead atoms. The van der Waals surface area contributed by atoms with E-state index >= 15 is 0 Å². The van der Waals surface area contributed by atoms with Gasteiger partial charge in [0, 0.05) is 18.2 Å². The lowest BCUT2D eigenvalue weighted by Gasteiger charge is -2.07. The van der Waals surface area contributed by atoms with Gasteiger partial charge < -0.3 is 10.5 Å². The van der Waals surface area contributed by atoms with E-state index in [0.29, 0.717) is 17.9 Å². The summed E-state index contributed by atoms with van der Waals surface area (Å²) in [6.07, 6.45) is 10.2. The van der Waals surface area contributed by atoms with E-state index in [0.717, 1.165) is 6.42 Å². The van der Waals surface area contributed by atoms with Crippen molar-refractivity contribution in [2.45, 2.75) is 64.8 Å². The van der Waals surface area contributed by atoms with Gasteiger partial charge in [0.25, 0.3) is 0 Å². The molecule has 0 amide bonds. The van der Waals surface area contributed by atoms with Crippen LogP contribution in [0.15, 0.2) is 18.2 Å². The van der Waals surface area contributed by atoms with Crippen LogP contribution in [0.25, 0.3) is 0 Å². The van der Waals surface area contributed by atoms with E-state index in [2.05, 4.69) is 6.92 Å². The van der Waals surface area contributed by atoms with Crippen LogP contribution in [0, 0.1) is 5.82 Å². The molecule has 1 aromatic carbocycles. The molecule has 2 nitrogen and oxygen atoms in total. The molecule has 0 saturated carbocycles. The average molecular weight is 281 g/mol. The molecule has 1 aromatic rings. The Morgan fingerprint density at radius 3 is 2.25 bits per heavy atom. The highest BCUT2D eigenvalue weighted by molar-refractivity contribution is 5.28. The molecular formula is C17H28FNO. The van der Waals surface area contributed by atoms with E-state index in [1.165, 1.54) is 51.0 Å². The molecule has 3 heteroatoms. The second-order valence-corrected chi connectivity index (χ2v) is 5.28. The molecule has 0 spiro atoms. The van der Waals surface area contributed by atoms with Gasteiger partial charge in [-0.2, -0.15) is 0 Å². The molecule has 0 aromatic heterocycles. The second kappa shape index (κ2) is 10.7. The fraction of sp³-hybridized carbons (Fsp3) is 0.647. The molecular weight excluding hydrogens is 253 g/mol. The molecule has 0 unspecified atom stereocenters. The quantitative estimate of drug-likeness (QED) is 0.591. The minimum absolute atomic E-state index is 0.226. The topological polar surface area (TPSA) is 35.2 Å². The molecule has 0 aliphatic rings. The zero-order chi connectivity index (χ0) is 14.6. The maximum atomic E-state index is 13.5. The highest BCUT2D eigenvalue weighted by atomic mass is 19.1. The Labute approximate surface area is 122 Å². The number of ether oxygens (including phenoxy) is 1. The lowest BCUT2D eigenvalue weighted by molar-refractivity contribution is 0.302. The normalized spacial score (nSPS) is 10.8. The van der Waals surface area contributed by atoms with E-state index in [9.17, 15) is 4.39 Å². The summed E-state index contributed by atoms with van der Waals surface area (Å²) in [5.74, 6) is 0.323. The van der Waals surface area contributed by atoms with E-state index < -0.39 is 0 Å². The molecule has 0 aliphatic heterocycles. The van der Waals surface area contributed by atoms with Gasteiger partial charge in [-0.3, -0.25) is 0 Å². The number of hydrogen-bond donors (Lipinski definition) is 1. The number of halogens is 1. The number of rotatable bonds is 11. The maximum Gasteiger partial charge on any atom is 0.131 e. The molecule has 114 valence electrons. The minimum atomic E-state index is -0.277. The van der Waals surface area contributed by atoms with E-state index in [-0.39, 0.29) is 12.4 Å². The first kappa shape index (κ1) is 17.0. The predicted molar refractivity (Wildman–Crippen MR) is 82.4 cm³/mol. The Morgan fingerprint density at radius 1 is 1.00 bits per heavy atom. The highest BCUT2D eigenvalue weighted by Crippen LogP contribution is 2.17. The Kier molecular flexibility index (Phi) is 9.05. The summed E-state index contributed by atoms with van der Waals surface area (Å²) in [5.41, 5.74) is 5.95. The lowest BCUT2D eigenvalue weighted by atomic mass is 10.1. The molecule has 0 heterocycles. The Morgan fingerprint density at radius 2 is 1.65 bits per heavy atom. The van der Waals surface area contributed by atoms with Crippen LogP contribution in [-0.2, 0) is 6.54 Å². The molecule has 20 heavy (non-hydrogen) atoms. The third-order valence-electron chi connectivity index (χ3n) is 3.51. The summed E-state index contributed by atoms with van der Waals surface area (Å²) in [6.45, 7) is 3.13. The highest BCUT2D eigenvalue weighted by Gasteiger charge is 2.02. The smallest absolute Gasteiger partial charge is 0.131 e. The molecule has 0 radical (unpaired) electrons. The van der Waals surface area contributed by atoms with E-state index in [1.54, 1.807) is 12.1 Å². The Balaban J connectivity index is 2.05. The van der Waals surface area contributed by atoms with Gasteiger partial charge in [-0.15, -0.1) is 0 Å². The van der Waals surface area contributed by atoms with Gasteiger partial charge in [0.15, 0.2) is 0 Å². The molecule has 0 atom stereocenters. The van der Waals surface area contributed by atoms with E-state index in [4.69, 9.17) is 10.5 Å². The van der Waals surface area contributed by atoms with Crippen molar-refractivity contribution < 1.29 is 9.13 Å². The van der Waals surface area contributed by atoms with Crippen LogP contribution in [0.2, 0.25) is 0 Å². The monoisotopic (exact) mass is 281 g/mol. The minimum Gasteiger partial charge on any atom is -0.493 e. The number of nitrogens with two attached hydrogens (primary N) is 1. The summed E-state index contributed by atoms with van der Waals surface area (Å²) in [5, 5.41) is 0. The van der Waals surface area contributed by atoms with Gasteiger partial charge in [0.2, 0.25) is 0 Å². The fourth-order valence-corrected chi connectivity index (χ4v) is 2.21. The average Bonchev–Trinajstić information content (AvgIpc) is 2.46. The molecule has 0 saturated heterocycles. The molecule has 0 aliphatic carbocycles. The molecule has 2 N–H and O–H groups in total. The van der Waals surface area contributed by atoms with Crippen molar-refractivity contribution in [1.29, 1.82) is 0 Å². The maximum absolute atomic E-state index is 13.5. The van der Waals surface area contributed by atoms with Crippen LogP contribution < -0.4 is 10.5 Å². The third-order valence-corrected chi connectivity index (χ3v) is 3.51. The van der Waals surface area contributed by atoms with Gasteiger partial charge >= 0.3 is 0 Å². The number of hydrogen-bond acceptors (Lipinski definition) is 2. The second-order valence-electron chi connectivity index (χ2n) is 5.28. The van der Waals surface area contributed by atoms with Crippen LogP contribution >= 0.6 is 0 Å². The van der Waals surface area contributed by atoms with Gasteiger partial charge in [0.1, 0.15) is 11.6 Å². The number of unbranched alkanes of at least 4 members (excludes halogenated alkanes) is 7. The van der Waals surface area contributed by atoms with E-state index in [1.807, 2.05) is 0 Å². The fourth-order valence-electron chi connectivity index (χ4n) is 2.21. The van der Waals surface area contributed by atoms with Gasteiger partial charge in [0.05, 0.1) is 6.61 Å². The van der Waals surface area contributed by atoms with Crippen LogP contribution in [0.5, 0.6) is 5.75 Å². The summed E-state index contributed by atoms with van der Waals surface area (Å²) >= 11 is 0. The summed E-state index contributed by atoms with van der Waals surface area (Å²) in [7, 11) is 0. The van der Waals surface area contributed by atoms with Gasteiger partial charge in [-0.1, -0.05) is 57.9 Å². The summed E-state index contributed by atoms with van der Waals surface area (Å²) in [6, 6.07) is 4.90. The van der Waals surface area contributed by atoms with Crippen LogP contribution in [-0.4, -0.2) is 6.61 Å². The van der Waals surface area contributed by atoms with Crippen molar-refractivity contribution in [3.63, 3.8) is 0 Å². The third kappa shape index (κ3) is 6.90. The van der Waals surface area contributed by atoms with Crippen molar-refractivity contribution >= 4 is 0 Å². The standard InChI is InChI=1S/C17H28FNO/c1-2-3-4-5-6-7-8-9-12-20-16-11-10-15(14-19)17(18)13-16/h10-11,13H,2-9,12,14,19H2,1H3. The zero-order valence-electron chi connectivity index (χ0n) is 12.7. The van der Waals surface area contributed by atoms with Crippen molar-refractivity contribution in [3.8, 4) is 5.75 Å². The van der Waals surface area contributed by atoms with Crippen LogP contribution in [0.4, 0.5) is 4.39 Å². The Bertz CT molecular complexity index is 368. The van der Waals surface area contributed by atoms with Gasteiger partial charge in [-0.25, -0.2) is 4.39 Å². The van der Waals surface area contributed by atoms with Crippen molar-refractivity contribution in [3.05, 3.63) is 29.6 Å².